The van der Waals surface area contributed by atoms with Crippen molar-refractivity contribution in [1.82, 2.24) is 15.5 Å². The molecule has 1 saturated carbocycles. The molecule has 5 heteroatoms. The Bertz CT molecular complexity index is 395. The van der Waals surface area contributed by atoms with Crippen LogP contribution in [0.3, 0.4) is 0 Å². The predicted molar refractivity (Wildman–Crippen MR) is 66.1 cm³/mol. The van der Waals surface area contributed by atoms with Gasteiger partial charge < -0.3 is 14.6 Å². The number of aromatic nitrogens is 2. The molecule has 0 spiro atoms. The van der Waals surface area contributed by atoms with Crippen LogP contribution in [0, 0.1) is 5.92 Å². The van der Waals surface area contributed by atoms with Crippen molar-refractivity contribution in [3.63, 3.8) is 0 Å². The monoisotopic (exact) mass is 251 g/mol. The topological polar surface area (TPSA) is 60.2 Å². The van der Waals surface area contributed by atoms with Gasteiger partial charge in [-0.3, -0.25) is 0 Å². The van der Waals surface area contributed by atoms with E-state index in [1.165, 1.54) is 19.3 Å². The van der Waals surface area contributed by atoms with E-state index in [0.29, 0.717) is 12.5 Å². The lowest BCUT2D eigenvalue weighted by molar-refractivity contribution is 0.151. The minimum absolute atomic E-state index is 0.141. The Kier molecular flexibility index (Phi) is 3.35. The van der Waals surface area contributed by atoms with Crippen LogP contribution in [0.15, 0.2) is 4.52 Å². The van der Waals surface area contributed by atoms with Gasteiger partial charge in [-0.15, -0.1) is 0 Å². The van der Waals surface area contributed by atoms with Crippen molar-refractivity contribution in [3.8, 4) is 0 Å². The number of nitrogens with zero attached hydrogens (tertiary/aromatic N) is 2. The van der Waals surface area contributed by atoms with E-state index in [1.807, 2.05) is 0 Å². The number of piperidine rings is 1. The maximum atomic E-state index is 5.28. The van der Waals surface area contributed by atoms with Crippen molar-refractivity contribution < 1.29 is 9.26 Å². The van der Waals surface area contributed by atoms with E-state index in [0.717, 1.165) is 37.7 Å². The molecule has 0 amide bonds. The summed E-state index contributed by atoms with van der Waals surface area (Å²) in [5.74, 6) is 2.39. The first-order valence-corrected chi connectivity index (χ1v) is 6.85. The number of rotatable bonds is 5. The van der Waals surface area contributed by atoms with Crippen molar-refractivity contribution in [2.75, 3.05) is 20.2 Å². The number of ether oxygens (including phenoxy) is 1. The number of nitrogens with one attached hydrogen (secondary N) is 1. The van der Waals surface area contributed by atoms with Gasteiger partial charge in [0.05, 0.1) is 0 Å². The zero-order valence-corrected chi connectivity index (χ0v) is 10.9. The van der Waals surface area contributed by atoms with Gasteiger partial charge in [-0.1, -0.05) is 18.0 Å². The van der Waals surface area contributed by atoms with Crippen molar-refractivity contribution in [2.24, 2.45) is 5.92 Å². The molecule has 1 aliphatic heterocycles. The lowest BCUT2D eigenvalue weighted by Crippen LogP contribution is -2.41. The number of methoxy groups -OCH3 is 1. The molecule has 100 valence electrons. The van der Waals surface area contributed by atoms with E-state index in [4.69, 9.17) is 9.26 Å². The average Bonchev–Trinajstić information content (AvgIpc) is 3.06. The van der Waals surface area contributed by atoms with Gasteiger partial charge in [-0.25, -0.2) is 0 Å². The molecule has 3 rings (SSSR count). The highest BCUT2D eigenvalue weighted by Crippen LogP contribution is 2.45. The number of hydrogen-bond acceptors (Lipinski definition) is 5. The van der Waals surface area contributed by atoms with Crippen LogP contribution in [0.25, 0.3) is 0 Å². The summed E-state index contributed by atoms with van der Waals surface area (Å²) in [6, 6.07) is 0. The molecular weight excluding hydrogens is 230 g/mol. The fourth-order valence-electron chi connectivity index (χ4n) is 2.95. The van der Waals surface area contributed by atoms with E-state index in [1.54, 1.807) is 7.11 Å². The minimum atomic E-state index is 0.141. The highest BCUT2D eigenvalue weighted by molar-refractivity contribution is 5.11. The average molecular weight is 251 g/mol. The van der Waals surface area contributed by atoms with Gasteiger partial charge in [0.15, 0.2) is 5.82 Å². The van der Waals surface area contributed by atoms with Gasteiger partial charge in [0.1, 0.15) is 6.61 Å². The lowest BCUT2D eigenvalue weighted by Gasteiger charge is -2.35. The summed E-state index contributed by atoms with van der Waals surface area (Å²) in [5.41, 5.74) is 0.141. The molecule has 0 radical (unpaired) electrons. The first kappa shape index (κ1) is 12.1. The molecule has 1 aromatic heterocycles. The Morgan fingerprint density at radius 1 is 1.39 bits per heavy atom. The van der Waals surface area contributed by atoms with E-state index < -0.39 is 0 Å². The second-order valence-electron chi connectivity index (χ2n) is 5.62. The van der Waals surface area contributed by atoms with Crippen LogP contribution in [-0.2, 0) is 16.8 Å². The van der Waals surface area contributed by atoms with Crippen molar-refractivity contribution in [2.45, 2.75) is 44.1 Å². The summed E-state index contributed by atoms with van der Waals surface area (Å²) in [6.45, 7) is 2.52. The Balaban J connectivity index is 1.81. The van der Waals surface area contributed by atoms with Crippen LogP contribution in [-0.4, -0.2) is 30.3 Å². The molecule has 0 atom stereocenters. The van der Waals surface area contributed by atoms with Gasteiger partial charge in [-0.2, -0.15) is 4.98 Å². The normalized spacial score (nSPS) is 23.2. The Labute approximate surface area is 107 Å². The van der Waals surface area contributed by atoms with Crippen molar-refractivity contribution in [3.05, 3.63) is 11.7 Å². The van der Waals surface area contributed by atoms with E-state index in [2.05, 4.69) is 15.5 Å². The van der Waals surface area contributed by atoms with Crippen molar-refractivity contribution >= 4 is 0 Å². The van der Waals surface area contributed by atoms with E-state index >= 15 is 0 Å². The maximum absolute atomic E-state index is 5.28. The zero-order chi connectivity index (χ0) is 12.4. The highest BCUT2D eigenvalue weighted by atomic mass is 16.5. The van der Waals surface area contributed by atoms with E-state index in [9.17, 15) is 0 Å². The molecule has 1 N–H and O–H groups in total. The smallest absolute Gasteiger partial charge is 0.252 e. The van der Waals surface area contributed by atoms with E-state index in [-0.39, 0.29) is 5.41 Å². The molecule has 1 aliphatic carbocycles. The SMILES string of the molecule is COCc1nc(C2(CC3CC3)CCNCC2)no1. The molecule has 0 unspecified atom stereocenters. The van der Waals surface area contributed by atoms with Gasteiger partial charge in [0.25, 0.3) is 5.89 Å². The minimum Gasteiger partial charge on any atom is -0.375 e. The Morgan fingerprint density at radius 3 is 2.83 bits per heavy atom. The summed E-state index contributed by atoms with van der Waals surface area (Å²) in [4.78, 5) is 4.55. The van der Waals surface area contributed by atoms with Gasteiger partial charge >= 0.3 is 0 Å². The third-order valence-electron chi connectivity index (χ3n) is 4.15. The van der Waals surface area contributed by atoms with Crippen LogP contribution in [0.2, 0.25) is 0 Å². The van der Waals surface area contributed by atoms with Crippen LogP contribution < -0.4 is 5.32 Å². The number of hydrogen-bond donors (Lipinski definition) is 1. The van der Waals surface area contributed by atoms with Crippen LogP contribution in [0.4, 0.5) is 0 Å². The third-order valence-corrected chi connectivity index (χ3v) is 4.15. The maximum Gasteiger partial charge on any atom is 0.252 e. The summed E-state index contributed by atoms with van der Waals surface area (Å²) >= 11 is 0. The fourth-order valence-corrected chi connectivity index (χ4v) is 2.95. The molecule has 0 aromatic carbocycles. The van der Waals surface area contributed by atoms with Crippen LogP contribution >= 0.6 is 0 Å². The standard InChI is InChI=1S/C13H21N3O2/c1-17-9-11-15-12(16-18-11)13(8-10-2-3-10)4-6-14-7-5-13/h10,14H,2-9H2,1H3. The van der Waals surface area contributed by atoms with Gasteiger partial charge in [-0.05, 0) is 38.3 Å². The molecule has 2 fully saturated rings. The largest absolute Gasteiger partial charge is 0.375 e. The lowest BCUT2D eigenvalue weighted by atomic mass is 9.74. The molecule has 0 bridgehead atoms. The van der Waals surface area contributed by atoms with Gasteiger partial charge in [0.2, 0.25) is 0 Å². The summed E-state index contributed by atoms with van der Waals surface area (Å²) in [5, 5.41) is 7.64. The van der Waals surface area contributed by atoms with Crippen LogP contribution in [0.1, 0.15) is 43.8 Å². The molecule has 1 saturated heterocycles. The van der Waals surface area contributed by atoms with Crippen molar-refractivity contribution in [1.29, 1.82) is 0 Å². The summed E-state index contributed by atoms with van der Waals surface area (Å²) in [6.07, 6.45) is 6.21. The second-order valence-corrected chi connectivity index (χ2v) is 5.62. The second kappa shape index (κ2) is 4.97. The fraction of sp³-hybridized carbons (Fsp3) is 0.846. The Morgan fingerprint density at radius 2 is 2.17 bits per heavy atom. The van der Waals surface area contributed by atoms with Crippen LogP contribution in [0.5, 0.6) is 0 Å². The summed E-state index contributed by atoms with van der Waals surface area (Å²) in [7, 11) is 1.65. The first-order valence-electron chi connectivity index (χ1n) is 6.85. The first-order chi connectivity index (χ1) is 8.82. The quantitative estimate of drug-likeness (QED) is 0.862. The zero-order valence-electron chi connectivity index (χ0n) is 10.9. The molecule has 5 nitrogen and oxygen atoms in total. The third kappa shape index (κ3) is 2.42. The molecule has 18 heavy (non-hydrogen) atoms. The Hall–Kier alpha value is -0.940. The summed E-state index contributed by atoms with van der Waals surface area (Å²) < 4.78 is 10.3. The highest BCUT2D eigenvalue weighted by Gasteiger charge is 2.42. The van der Waals surface area contributed by atoms with Gasteiger partial charge in [0, 0.05) is 12.5 Å². The molecule has 1 aromatic rings. The molecule has 2 aliphatic rings. The molecule has 2 heterocycles. The molecular formula is C13H21N3O2. The predicted octanol–water partition coefficient (Wildman–Crippen LogP) is 1.64.